The van der Waals surface area contributed by atoms with E-state index < -0.39 is 5.97 Å². The number of amides is 1. The second-order valence-electron chi connectivity index (χ2n) is 5.91. The molecule has 1 aliphatic rings. The molecule has 134 valence electrons. The van der Waals surface area contributed by atoms with Crippen LogP contribution in [0.1, 0.15) is 31.4 Å². The van der Waals surface area contributed by atoms with Crippen LogP contribution in [0.3, 0.4) is 0 Å². The molecule has 0 fully saturated rings. The molecule has 0 bridgehead atoms. The van der Waals surface area contributed by atoms with E-state index in [-0.39, 0.29) is 5.91 Å². The third-order valence-corrected chi connectivity index (χ3v) is 4.33. The average molecular weight is 343 g/mol. The standard InChI is InChI=1S/C20H25NO4/c1-5-15-7-9-16(10-8-15)13-17-18(20(23)25-4)14(2)21(19(17)22)11-6-12-24-3/h7-10,13H,5-6,11-12H2,1-4H3/b17-13-. The largest absolute Gasteiger partial charge is 0.465 e. The first kappa shape index (κ1) is 18.9. The van der Waals surface area contributed by atoms with Crippen molar-refractivity contribution in [2.45, 2.75) is 26.7 Å². The highest BCUT2D eigenvalue weighted by molar-refractivity contribution is 6.16. The van der Waals surface area contributed by atoms with Gasteiger partial charge in [-0.3, -0.25) is 4.79 Å². The van der Waals surface area contributed by atoms with Gasteiger partial charge in [-0.1, -0.05) is 31.2 Å². The van der Waals surface area contributed by atoms with E-state index in [4.69, 9.17) is 9.47 Å². The quantitative estimate of drug-likeness (QED) is 0.434. The molecule has 1 heterocycles. The number of carbonyl (C=O) groups is 2. The van der Waals surface area contributed by atoms with Gasteiger partial charge in [0.15, 0.2) is 0 Å². The summed E-state index contributed by atoms with van der Waals surface area (Å²) in [6.07, 6.45) is 3.41. The predicted octanol–water partition coefficient (Wildman–Crippen LogP) is 2.96. The van der Waals surface area contributed by atoms with Crippen LogP contribution in [0, 0.1) is 0 Å². The number of hydrogen-bond acceptors (Lipinski definition) is 4. The van der Waals surface area contributed by atoms with Gasteiger partial charge in [-0.2, -0.15) is 0 Å². The molecule has 0 saturated heterocycles. The van der Waals surface area contributed by atoms with Crippen LogP contribution in [0.2, 0.25) is 0 Å². The second kappa shape index (κ2) is 8.62. The van der Waals surface area contributed by atoms with Crippen molar-refractivity contribution in [3.63, 3.8) is 0 Å². The van der Waals surface area contributed by atoms with Gasteiger partial charge in [0.05, 0.1) is 18.3 Å². The summed E-state index contributed by atoms with van der Waals surface area (Å²) < 4.78 is 9.94. The van der Waals surface area contributed by atoms with Crippen molar-refractivity contribution in [1.82, 2.24) is 4.90 Å². The molecule has 1 aromatic rings. The number of allylic oxidation sites excluding steroid dienone is 1. The number of hydrogen-bond donors (Lipinski definition) is 0. The first-order chi connectivity index (χ1) is 12.0. The van der Waals surface area contributed by atoms with Gasteiger partial charge in [0.25, 0.3) is 5.91 Å². The molecule has 0 N–H and O–H groups in total. The molecule has 0 radical (unpaired) electrons. The van der Waals surface area contributed by atoms with Gasteiger partial charge in [-0.25, -0.2) is 4.79 Å². The molecule has 0 aliphatic carbocycles. The van der Waals surface area contributed by atoms with Gasteiger partial charge in [-0.15, -0.1) is 0 Å². The van der Waals surface area contributed by atoms with Crippen molar-refractivity contribution in [2.24, 2.45) is 0 Å². The summed E-state index contributed by atoms with van der Waals surface area (Å²) in [7, 11) is 2.95. The molecule has 5 heteroatoms. The third-order valence-electron chi connectivity index (χ3n) is 4.33. The average Bonchev–Trinajstić information content (AvgIpc) is 2.86. The zero-order valence-electron chi connectivity index (χ0n) is 15.3. The van der Waals surface area contributed by atoms with Crippen molar-refractivity contribution >= 4 is 18.0 Å². The predicted molar refractivity (Wildman–Crippen MR) is 96.7 cm³/mol. The molecular formula is C20H25NO4. The lowest BCUT2D eigenvalue weighted by molar-refractivity contribution is -0.136. The van der Waals surface area contributed by atoms with E-state index in [1.165, 1.54) is 12.7 Å². The minimum Gasteiger partial charge on any atom is -0.465 e. The maximum atomic E-state index is 12.8. The van der Waals surface area contributed by atoms with Crippen molar-refractivity contribution in [2.75, 3.05) is 27.4 Å². The summed E-state index contributed by atoms with van der Waals surface area (Å²) in [4.78, 5) is 26.7. The molecule has 0 aromatic heterocycles. The Kier molecular flexibility index (Phi) is 6.53. The van der Waals surface area contributed by atoms with E-state index in [0.717, 1.165) is 12.0 Å². The van der Waals surface area contributed by atoms with E-state index in [1.54, 1.807) is 25.0 Å². The van der Waals surface area contributed by atoms with Crippen molar-refractivity contribution in [1.29, 1.82) is 0 Å². The monoisotopic (exact) mass is 343 g/mol. The minimum absolute atomic E-state index is 0.173. The van der Waals surface area contributed by atoms with Crippen LogP contribution >= 0.6 is 0 Å². The summed E-state index contributed by atoms with van der Waals surface area (Å²) in [5, 5.41) is 0. The lowest BCUT2D eigenvalue weighted by Gasteiger charge is -2.17. The van der Waals surface area contributed by atoms with Crippen molar-refractivity contribution < 1.29 is 19.1 Å². The number of methoxy groups -OCH3 is 2. The van der Waals surface area contributed by atoms with Gasteiger partial charge < -0.3 is 14.4 Å². The lowest BCUT2D eigenvalue weighted by atomic mass is 10.0. The third kappa shape index (κ3) is 4.17. The van der Waals surface area contributed by atoms with Crippen LogP contribution in [0.5, 0.6) is 0 Å². The SMILES string of the molecule is CCc1ccc(/C=C2\C(=O)N(CCCOC)C(C)=C2C(=O)OC)cc1. The number of nitrogens with zero attached hydrogens (tertiary/aromatic N) is 1. The number of rotatable bonds is 7. The molecule has 0 spiro atoms. The summed E-state index contributed by atoms with van der Waals surface area (Å²) in [5.41, 5.74) is 3.45. The first-order valence-corrected chi connectivity index (χ1v) is 8.44. The Hall–Kier alpha value is -2.40. The number of benzene rings is 1. The van der Waals surface area contributed by atoms with E-state index in [2.05, 4.69) is 6.92 Å². The fraction of sp³-hybridized carbons (Fsp3) is 0.400. The number of aryl methyl sites for hydroxylation is 1. The Balaban J connectivity index is 2.37. The summed E-state index contributed by atoms with van der Waals surface area (Å²) in [6, 6.07) is 7.96. The fourth-order valence-electron chi connectivity index (χ4n) is 2.88. The maximum absolute atomic E-state index is 12.8. The Morgan fingerprint density at radius 3 is 2.44 bits per heavy atom. The second-order valence-corrected chi connectivity index (χ2v) is 5.91. The Morgan fingerprint density at radius 2 is 1.88 bits per heavy atom. The maximum Gasteiger partial charge on any atom is 0.340 e. The summed E-state index contributed by atoms with van der Waals surface area (Å²) in [5.74, 6) is -0.662. The van der Waals surface area contributed by atoms with E-state index in [9.17, 15) is 9.59 Å². The zero-order chi connectivity index (χ0) is 18.4. The van der Waals surface area contributed by atoms with Gasteiger partial charge in [-0.05, 0) is 37.0 Å². The molecule has 1 aromatic carbocycles. The van der Waals surface area contributed by atoms with Gasteiger partial charge in [0.2, 0.25) is 0 Å². The van der Waals surface area contributed by atoms with Crippen LogP contribution in [-0.4, -0.2) is 44.1 Å². The zero-order valence-corrected chi connectivity index (χ0v) is 15.3. The van der Waals surface area contributed by atoms with Crippen LogP contribution in [0.4, 0.5) is 0 Å². The molecule has 25 heavy (non-hydrogen) atoms. The number of esters is 1. The summed E-state index contributed by atoms with van der Waals surface area (Å²) in [6.45, 7) is 4.93. The van der Waals surface area contributed by atoms with Gasteiger partial charge in [0.1, 0.15) is 0 Å². The molecule has 1 aliphatic heterocycles. The Morgan fingerprint density at radius 1 is 1.20 bits per heavy atom. The van der Waals surface area contributed by atoms with E-state index in [0.29, 0.717) is 36.4 Å². The first-order valence-electron chi connectivity index (χ1n) is 8.44. The van der Waals surface area contributed by atoms with Crippen LogP contribution in [0.15, 0.2) is 41.1 Å². The van der Waals surface area contributed by atoms with Gasteiger partial charge >= 0.3 is 5.97 Å². The van der Waals surface area contributed by atoms with Crippen molar-refractivity contribution in [3.8, 4) is 0 Å². The highest BCUT2D eigenvalue weighted by Gasteiger charge is 2.36. The normalized spacial score (nSPS) is 16.1. The molecule has 1 amide bonds. The van der Waals surface area contributed by atoms with Crippen LogP contribution < -0.4 is 0 Å². The minimum atomic E-state index is -0.489. The smallest absolute Gasteiger partial charge is 0.340 e. The molecule has 2 rings (SSSR count). The topological polar surface area (TPSA) is 55.8 Å². The number of carbonyl (C=O) groups excluding carboxylic acids is 2. The molecule has 0 unspecified atom stereocenters. The molecule has 5 nitrogen and oxygen atoms in total. The van der Waals surface area contributed by atoms with Crippen molar-refractivity contribution in [3.05, 3.63) is 52.2 Å². The van der Waals surface area contributed by atoms with E-state index >= 15 is 0 Å². The lowest BCUT2D eigenvalue weighted by Crippen LogP contribution is -2.26. The number of ether oxygens (including phenoxy) is 2. The highest BCUT2D eigenvalue weighted by atomic mass is 16.5. The Bertz CT molecular complexity index is 701. The summed E-state index contributed by atoms with van der Waals surface area (Å²) >= 11 is 0. The fourth-order valence-corrected chi connectivity index (χ4v) is 2.88. The van der Waals surface area contributed by atoms with Crippen LogP contribution in [0.25, 0.3) is 6.08 Å². The molecule has 0 saturated carbocycles. The van der Waals surface area contributed by atoms with E-state index in [1.807, 2.05) is 24.3 Å². The highest BCUT2D eigenvalue weighted by Crippen LogP contribution is 2.31. The molecular weight excluding hydrogens is 318 g/mol. The van der Waals surface area contributed by atoms with Gasteiger partial charge in [0, 0.05) is 26.0 Å². The Labute approximate surface area is 148 Å². The molecule has 0 atom stereocenters. The van der Waals surface area contributed by atoms with Crippen LogP contribution in [-0.2, 0) is 25.5 Å².